The van der Waals surface area contributed by atoms with Crippen LogP contribution in [0, 0.1) is 13.8 Å². The Kier molecular flexibility index (Phi) is 6.10. The van der Waals surface area contributed by atoms with Gasteiger partial charge in [-0.15, -0.1) is 0 Å². The van der Waals surface area contributed by atoms with Gasteiger partial charge in [0, 0.05) is 11.7 Å². The van der Waals surface area contributed by atoms with Crippen molar-refractivity contribution in [3.05, 3.63) is 29.3 Å². The van der Waals surface area contributed by atoms with Crippen LogP contribution in [0.2, 0.25) is 0 Å². The normalized spacial score (nSPS) is 12.5. The molecule has 0 radical (unpaired) electrons. The number of benzene rings is 1. The molecule has 1 aromatic carbocycles. The first-order valence-corrected chi connectivity index (χ1v) is 6.97. The Balaban J connectivity index is 2.34. The second-order valence-electron chi connectivity index (χ2n) is 5.19. The Morgan fingerprint density at radius 1 is 1.06 bits per heavy atom. The fourth-order valence-corrected chi connectivity index (χ4v) is 2.07. The second kappa shape index (κ2) is 7.37. The smallest absolute Gasteiger partial charge is 0.0345 e. The Morgan fingerprint density at radius 3 is 2.47 bits per heavy atom. The highest BCUT2D eigenvalue weighted by molar-refractivity contribution is 5.48. The molecule has 1 rings (SSSR count). The van der Waals surface area contributed by atoms with Gasteiger partial charge in [-0.3, -0.25) is 0 Å². The van der Waals surface area contributed by atoms with Crippen molar-refractivity contribution in [1.82, 2.24) is 0 Å². The minimum Gasteiger partial charge on any atom is -0.383 e. The summed E-state index contributed by atoms with van der Waals surface area (Å²) in [5, 5.41) is 3.59. The molecule has 1 N–H and O–H groups in total. The summed E-state index contributed by atoms with van der Waals surface area (Å²) in [5.41, 5.74) is 4.00. The molecule has 0 aromatic heterocycles. The topological polar surface area (TPSA) is 12.0 Å². The summed E-state index contributed by atoms with van der Waals surface area (Å²) in [6, 6.07) is 7.21. The fraction of sp³-hybridized carbons (Fsp3) is 0.625. The summed E-state index contributed by atoms with van der Waals surface area (Å²) in [4.78, 5) is 0. The molecule has 96 valence electrons. The maximum Gasteiger partial charge on any atom is 0.0345 e. The molecule has 17 heavy (non-hydrogen) atoms. The van der Waals surface area contributed by atoms with E-state index in [1.165, 1.54) is 48.9 Å². The van der Waals surface area contributed by atoms with Crippen LogP contribution >= 0.6 is 0 Å². The summed E-state index contributed by atoms with van der Waals surface area (Å²) >= 11 is 0. The van der Waals surface area contributed by atoms with Crippen LogP contribution in [0.3, 0.4) is 0 Å². The molecule has 0 bridgehead atoms. The van der Waals surface area contributed by atoms with E-state index in [9.17, 15) is 0 Å². The summed E-state index contributed by atoms with van der Waals surface area (Å²) in [6.07, 6.45) is 6.67. The summed E-state index contributed by atoms with van der Waals surface area (Å²) in [7, 11) is 0. The van der Waals surface area contributed by atoms with Crippen LogP contribution in [0.15, 0.2) is 18.2 Å². The molecule has 1 aromatic rings. The first-order chi connectivity index (χ1) is 8.13. The van der Waals surface area contributed by atoms with Crippen molar-refractivity contribution < 1.29 is 0 Å². The lowest BCUT2D eigenvalue weighted by atomic mass is 10.1. The number of unbranched alkanes of at least 4 members (excludes halogenated alkanes) is 3. The van der Waals surface area contributed by atoms with Gasteiger partial charge >= 0.3 is 0 Å². The number of hydrogen-bond acceptors (Lipinski definition) is 1. The van der Waals surface area contributed by atoms with Crippen molar-refractivity contribution >= 4 is 5.69 Å². The molecule has 0 aliphatic carbocycles. The van der Waals surface area contributed by atoms with Crippen LogP contribution in [-0.2, 0) is 0 Å². The van der Waals surface area contributed by atoms with Crippen molar-refractivity contribution in [3.63, 3.8) is 0 Å². The lowest BCUT2D eigenvalue weighted by molar-refractivity contribution is 0.594. The molecule has 0 aliphatic heterocycles. The number of nitrogens with one attached hydrogen (secondary N) is 1. The van der Waals surface area contributed by atoms with Gasteiger partial charge in [-0.25, -0.2) is 0 Å². The van der Waals surface area contributed by atoms with Crippen molar-refractivity contribution in [2.24, 2.45) is 0 Å². The van der Waals surface area contributed by atoms with E-state index < -0.39 is 0 Å². The zero-order valence-electron chi connectivity index (χ0n) is 11.8. The minimum absolute atomic E-state index is 0.578. The molecule has 0 spiro atoms. The third-order valence-corrected chi connectivity index (χ3v) is 3.41. The Morgan fingerprint density at radius 2 is 1.82 bits per heavy atom. The van der Waals surface area contributed by atoms with Crippen LogP contribution in [0.5, 0.6) is 0 Å². The largest absolute Gasteiger partial charge is 0.383 e. The van der Waals surface area contributed by atoms with Gasteiger partial charge in [-0.1, -0.05) is 38.7 Å². The van der Waals surface area contributed by atoms with E-state index in [-0.39, 0.29) is 0 Å². The van der Waals surface area contributed by atoms with Crippen molar-refractivity contribution in [1.29, 1.82) is 0 Å². The molecule has 0 saturated heterocycles. The lowest BCUT2D eigenvalue weighted by Crippen LogP contribution is -2.14. The van der Waals surface area contributed by atoms with Crippen molar-refractivity contribution in [3.8, 4) is 0 Å². The third kappa shape index (κ3) is 5.25. The molecule has 1 nitrogen and oxygen atoms in total. The average Bonchev–Trinajstić information content (AvgIpc) is 2.30. The van der Waals surface area contributed by atoms with E-state index in [1.54, 1.807) is 0 Å². The summed E-state index contributed by atoms with van der Waals surface area (Å²) < 4.78 is 0. The van der Waals surface area contributed by atoms with Crippen LogP contribution in [0.25, 0.3) is 0 Å². The van der Waals surface area contributed by atoms with Gasteiger partial charge in [-0.05, 0) is 50.5 Å². The van der Waals surface area contributed by atoms with Gasteiger partial charge in [-0.2, -0.15) is 0 Å². The van der Waals surface area contributed by atoms with E-state index in [1.807, 2.05) is 0 Å². The number of hydrogen-bond donors (Lipinski definition) is 1. The van der Waals surface area contributed by atoms with Gasteiger partial charge in [0.15, 0.2) is 0 Å². The van der Waals surface area contributed by atoms with E-state index in [4.69, 9.17) is 0 Å². The number of rotatable bonds is 7. The van der Waals surface area contributed by atoms with Crippen molar-refractivity contribution in [2.45, 2.75) is 65.8 Å². The molecule has 0 heterocycles. The quantitative estimate of drug-likeness (QED) is 0.648. The van der Waals surface area contributed by atoms with Gasteiger partial charge in [0.2, 0.25) is 0 Å². The monoisotopic (exact) mass is 233 g/mol. The minimum atomic E-state index is 0.578. The summed E-state index contributed by atoms with van der Waals surface area (Å²) in [5.74, 6) is 0. The third-order valence-electron chi connectivity index (χ3n) is 3.41. The predicted molar refractivity (Wildman–Crippen MR) is 77.8 cm³/mol. The predicted octanol–water partition coefficient (Wildman–Crippen LogP) is 5.07. The Hall–Kier alpha value is -0.980. The van der Waals surface area contributed by atoms with Gasteiger partial charge in [0.05, 0.1) is 0 Å². The highest BCUT2D eigenvalue weighted by Gasteiger charge is 2.02. The highest BCUT2D eigenvalue weighted by Crippen LogP contribution is 2.16. The van der Waals surface area contributed by atoms with E-state index >= 15 is 0 Å². The number of aryl methyl sites for hydroxylation is 2. The number of anilines is 1. The molecule has 0 aliphatic rings. The molecular weight excluding hydrogens is 206 g/mol. The molecular formula is C16H27N. The van der Waals surface area contributed by atoms with E-state index in [2.05, 4.69) is 51.2 Å². The molecule has 1 atom stereocenters. The zero-order chi connectivity index (χ0) is 12.7. The van der Waals surface area contributed by atoms with Gasteiger partial charge in [0.1, 0.15) is 0 Å². The van der Waals surface area contributed by atoms with Crippen LogP contribution < -0.4 is 5.32 Å². The van der Waals surface area contributed by atoms with E-state index in [0.29, 0.717) is 6.04 Å². The van der Waals surface area contributed by atoms with Crippen molar-refractivity contribution in [2.75, 3.05) is 5.32 Å². The van der Waals surface area contributed by atoms with Crippen LogP contribution in [0.4, 0.5) is 5.69 Å². The second-order valence-corrected chi connectivity index (χ2v) is 5.19. The highest BCUT2D eigenvalue weighted by atomic mass is 14.9. The first kappa shape index (κ1) is 14.1. The van der Waals surface area contributed by atoms with E-state index in [0.717, 1.165) is 0 Å². The van der Waals surface area contributed by atoms with Gasteiger partial charge < -0.3 is 5.32 Å². The standard InChI is InChI=1S/C16H27N/c1-5-6-7-8-9-15(4)17-16-11-10-13(2)14(3)12-16/h10-12,15,17H,5-9H2,1-4H3. The summed E-state index contributed by atoms with van der Waals surface area (Å²) in [6.45, 7) is 8.87. The van der Waals surface area contributed by atoms with Crippen LogP contribution in [0.1, 0.15) is 57.1 Å². The molecule has 0 amide bonds. The average molecular weight is 233 g/mol. The Bertz CT molecular complexity index is 330. The maximum atomic E-state index is 3.59. The molecule has 0 saturated carbocycles. The molecule has 0 fully saturated rings. The molecule has 1 unspecified atom stereocenters. The van der Waals surface area contributed by atoms with Crippen LogP contribution in [-0.4, -0.2) is 6.04 Å². The fourth-order valence-electron chi connectivity index (χ4n) is 2.07. The maximum absolute atomic E-state index is 3.59. The first-order valence-electron chi connectivity index (χ1n) is 6.97. The molecule has 1 heteroatoms. The Labute approximate surface area is 107 Å². The van der Waals surface area contributed by atoms with Gasteiger partial charge in [0.25, 0.3) is 0 Å². The lowest BCUT2D eigenvalue weighted by Gasteiger charge is -2.16. The SMILES string of the molecule is CCCCCCC(C)Nc1ccc(C)c(C)c1. The zero-order valence-corrected chi connectivity index (χ0v) is 11.8.